The van der Waals surface area contributed by atoms with E-state index in [-0.39, 0.29) is 38.6 Å². The van der Waals surface area contributed by atoms with Crippen molar-refractivity contribution in [2.75, 3.05) is 38.9 Å². The number of unbranched alkanes of at least 4 members (excludes halogenated alkanes) is 3. The van der Waals surface area contributed by atoms with E-state index in [2.05, 4.69) is 15.6 Å². The minimum absolute atomic E-state index is 0.0159. The van der Waals surface area contributed by atoms with Gasteiger partial charge in [-0.3, -0.25) is 14.4 Å². The molecule has 1 aromatic carbocycles. The molecule has 3 N–H and O–H groups in total. The number of β-amino-alcohol motifs (C(OH)–C–C–N with tert-alkyl or cyclic N) is 1. The number of aromatic nitrogens is 1. The fourth-order valence-corrected chi connectivity index (χ4v) is 6.02. The van der Waals surface area contributed by atoms with Crippen LogP contribution in [0.5, 0.6) is 0 Å². The molecule has 1 aliphatic rings. The quantitative estimate of drug-likeness (QED) is 0.174. The molecule has 1 aliphatic heterocycles. The fourth-order valence-electron chi connectivity index (χ4n) is 5.02. The predicted molar refractivity (Wildman–Crippen MR) is 172 cm³/mol. The van der Waals surface area contributed by atoms with Crippen LogP contribution in [0.2, 0.25) is 0 Å². The molecule has 1 saturated heterocycles. The van der Waals surface area contributed by atoms with Gasteiger partial charge in [-0.1, -0.05) is 57.9 Å². The number of halogens is 1. The molecule has 0 aliphatic carbocycles. The molecule has 0 bridgehead atoms. The first kappa shape index (κ1) is 35.9. The molecule has 12 heteroatoms. The highest BCUT2D eigenvalue weighted by atomic mass is 35.5. The van der Waals surface area contributed by atoms with E-state index in [1.54, 1.807) is 11.3 Å². The van der Waals surface area contributed by atoms with Crippen molar-refractivity contribution in [2.24, 2.45) is 5.41 Å². The number of benzene rings is 1. The maximum absolute atomic E-state index is 13.7. The highest BCUT2D eigenvalue weighted by Gasteiger charge is 2.44. The van der Waals surface area contributed by atoms with Gasteiger partial charge in [-0.15, -0.1) is 22.9 Å². The molecule has 1 aromatic heterocycles. The highest BCUT2D eigenvalue weighted by Crippen LogP contribution is 2.28. The molecule has 0 radical (unpaired) electrons. The summed E-state index contributed by atoms with van der Waals surface area (Å²) in [5.41, 5.74) is 4.12. The number of alkyl halides is 1. The van der Waals surface area contributed by atoms with E-state index in [1.807, 2.05) is 57.5 Å². The topological polar surface area (TPSA) is 130 Å². The van der Waals surface area contributed by atoms with Crippen LogP contribution in [-0.2, 0) is 30.4 Å². The van der Waals surface area contributed by atoms with Gasteiger partial charge in [0.25, 0.3) is 0 Å². The molecular weight excluding hydrogens is 604 g/mol. The lowest BCUT2D eigenvalue weighted by molar-refractivity contribution is -0.144. The van der Waals surface area contributed by atoms with Gasteiger partial charge in [-0.05, 0) is 36.3 Å². The van der Waals surface area contributed by atoms with Gasteiger partial charge in [0.2, 0.25) is 17.7 Å². The second kappa shape index (κ2) is 17.8. The Balaban J connectivity index is 1.49. The van der Waals surface area contributed by atoms with Gasteiger partial charge in [-0.2, -0.15) is 0 Å². The first-order valence-corrected chi connectivity index (χ1v) is 16.7. The Kier molecular flexibility index (Phi) is 14.5. The molecular formula is C32H47ClN4O6S. The number of amides is 3. The lowest BCUT2D eigenvalue weighted by Gasteiger charge is -2.35. The fraction of sp³-hybridized carbons (Fsp3) is 0.625. The highest BCUT2D eigenvalue weighted by molar-refractivity contribution is 7.13. The zero-order chi connectivity index (χ0) is 32.1. The van der Waals surface area contributed by atoms with Crippen LogP contribution >= 0.6 is 22.9 Å². The molecule has 2 heterocycles. The number of aryl methyl sites for hydroxylation is 1. The Morgan fingerprint density at radius 1 is 1.09 bits per heavy atom. The van der Waals surface area contributed by atoms with Crippen LogP contribution in [0.1, 0.15) is 64.1 Å². The van der Waals surface area contributed by atoms with Gasteiger partial charge in [0.15, 0.2) is 0 Å². The van der Waals surface area contributed by atoms with Crippen LogP contribution in [0.3, 0.4) is 0 Å². The predicted octanol–water partition coefficient (Wildman–Crippen LogP) is 4.06. The summed E-state index contributed by atoms with van der Waals surface area (Å²) in [6.07, 6.45) is 3.41. The maximum Gasteiger partial charge on any atom is 0.246 e. The van der Waals surface area contributed by atoms with Crippen LogP contribution in [-0.4, -0.2) is 89.8 Å². The minimum Gasteiger partial charge on any atom is -0.391 e. The van der Waals surface area contributed by atoms with Crippen LogP contribution in [0.15, 0.2) is 29.8 Å². The number of hydrogen-bond donors (Lipinski definition) is 3. The number of ether oxygens (including phenoxy) is 2. The number of nitrogens with zero attached hydrogens (tertiary/aromatic N) is 2. The second-order valence-electron chi connectivity index (χ2n) is 12.2. The van der Waals surface area contributed by atoms with Gasteiger partial charge in [0, 0.05) is 32.0 Å². The van der Waals surface area contributed by atoms with E-state index >= 15 is 0 Å². The number of carbonyl (C=O) groups is 3. The first-order valence-electron chi connectivity index (χ1n) is 15.3. The summed E-state index contributed by atoms with van der Waals surface area (Å²) in [6.45, 7) is 8.86. The molecule has 10 nitrogen and oxygen atoms in total. The van der Waals surface area contributed by atoms with Gasteiger partial charge >= 0.3 is 0 Å². The molecule has 0 spiro atoms. The number of hydrogen-bond acceptors (Lipinski definition) is 8. The van der Waals surface area contributed by atoms with Crippen LogP contribution in [0, 0.1) is 12.3 Å². The summed E-state index contributed by atoms with van der Waals surface area (Å²) in [6, 6.07) is 6.14. The van der Waals surface area contributed by atoms with Crippen molar-refractivity contribution in [1.29, 1.82) is 0 Å². The van der Waals surface area contributed by atoms with Crippen LogP contribution in [0.25, 0.3) is 10.4 Å². The Morgan fingerprint density at radius 3 is 2.45 bits per heavy atom. The molecule has 2 aromatic rings. The third-order valence-electron chi connectivity index (χ3n) is 7.49. The summed E-state index contributed by atoms with van der Waals surface area (Å²) in [7, 11) is 0. The molecule has 244 valence electrons. The maximum atomic E-state index is 13.7. The summed E-state index contributed by atoms with van der Waals surface area (Å²) in [4.78, 5) is 46.5. The number of rotatable bonds is 17. The number of aliphatic hydroxyl groups is 1. The third-order valence-corrected chi connectivity index (χ3v) is 8.73. The van der Waals surface area contributed by atoms with E-state index < -0.39 is 35.4 Å². The van der Waals surface area contributed by atoms with E-state index in [4.69, 9.17) is 21.1 Å². The van der Waals surface area contributed by atoms with Crippen LogP contribution < -0.4 is 10.6 Å². The van der Waals surface area contributed by atoms with Crippen molar-refractivity contribution >= 4 is 40.7 Å². The lowest BCUT2D eigenvalue weighted by atomic mass is 9.85. The largest absolute Gasteiger partial charge is 0.391 e. The van der Waals surface area contributed by atoms with Crippen LogP contribution in [0.4, 0.5) is 0 Å². The molecule has 0 saturated carbocycles. The van der Waals surface area contributed by atoms with Crippen molar-refractivity contribution < 1.29 is 29.0 Å². The minimum atomic E-state index is -0.911. The Labute approximate surface area is 269 Å². The molecule has 3 rings (SSSR count). The van der Waals surface area contributed by atoms with E-state index in [0.29, 0.717) is 19.1 Å². The zero-order valence-corrected chi connectivity index (χ0v) is 27.8. The average molecular weight is 651 g/mol. The number of thiazole rings is 1. The number of carbonyl (C=O) groups excluding carboxylic acids is 3. The molecule has 3 amide bonds. The number of aliphatic hydroxyl groups excluding tert-OH is 1. The normalized spacial score (nSPS) is 17.5. The second-order valence-corrected chi connectivity index (χ2v) is 13.4. The Bertz CT molecular complexity index is 1200. The van der Waals surface area contributed by atoms with E-state index in [1.165, 1.54) is 4.90 Å². The van der Waals surface area contributed by atoms with Crippen molar-refractivity contribution in [2.45, 2.75) is 84.5 Å². The van der Waals surface area contributed by atoms with Gasteiger partial charge < -0.3 is 30.1 Å². The van der Waals surface area contributed by atoms with Crippen molar-refractivity contribution in [3.8, 4) is 10.4 Å². The molecule has 3 atom stereocenters. The molecule has 3 unspecified atom stereocenters. The zero-order valence-electron chi connectivity index (χ0n) is 26.3. The third kappa shape index (κ3) is 11.1. The smallest absolute Gasteiger partial charge is 0.246 e. The first-order chi connectivity index (χ1) is 21.0. The van der Waals surface area contributed by atoms with E-state index in [9.17, 15) is 19.5 Å². The van der Waals surface area contributed by atoms with Crippen molar-refractivity contribution in [3.63, 3.8) is 0 Å². The van der Waals surface area contributed by atoms with Crippen molar-refractivity contribution in [1.82, 2.24) is 20.5 Å². The summed E-state index contributed by atoms with van der Waals surface area (Å²) < 4.78 is 11.0. The average Bonchev–Trinajstić information content (AvgIpc) is 3.60. The van der Waals surface area contributed by atoms with E-state index in [0.717, 1.165) is 47.4 Å². The van der Waals surface area contributed by atoms with Gasteiger partial charge in [0.1, 0.15) is 18.7 Å². The number of likely N-dealkylation sites (tertiary alicyclic amines) is 1. The lowest BCUT2D eigenvalue weighted by Crippen LogP contribution is -2.58. The van der Waals surface area contributed by atoms with Gasteiger partial charge in [0.05, 0.1) is 35.4 Å². The summed E-state index contributed by atoms with van der Waals surface area (Å²) >= 11 is 7.26. The Morgan fingerprint density at radius 2 is 1.80 bits per heavy atom. The Hall–Kier alpha value is -2.57. The van der Waals surface area contributed by atoms with Gasteiger partial charge in [-0.25, -0.2) is 4.98 Å². The monoisotopic (exact) mass is 650 g/mol. The summed E-state index contributed by atoms with van der Waals surface area (Å²) in [5.74, 6) is -0.515. The molecule has 1 fully saturated rings. The standard InChI is InChI=1S/C32H47ClN4O6S/c1-22-28(44-21-35-22)24-11-9-23(10-12-24)18-34-30(40)26-17-25(38)19-37(26)31(41)29(32(2,3)4)36-27(39)20-43-16-15-42-14-8-6-5-7-13-33/h9-12,21,25-26,29,38H,5-8,13-20H2,1-4H3,(H,34,40)(H,36,39). The van der Waals surface area contributed by atoms with Crippen molar-refractivity contribution in [3.05, 3.63) is 41.0 Å². The number of nitrogens with one attached hydrogen (secondary N) is 2. The summed E-state index contributed by atoms with van der Waals surface area (Å²) in [5, 5.41) is 16.1. The molecule has 44 heavy (non-hydrogen) atoms. The SMILES string of the molecule is Cc1ncsc1-c1ccc(CNC(=O)C2CC(O)CN2C(=O)C(NC(=O)COCCOCCCCCCCl)C(C)(C)C)cc1.